The van der Waals surface area contributed by atoms with Crippen LogP contribution in [0.5, 0.6) is 5.75 Å². The first kappa shape index (κ1) is 16.6. The summed E-state index contributed by atoms with van der Waals surface area (Å²) in [6, 6.07) is 8.39. The Morgan fingerprint density at radius 3 is 2.62 bits per heavy atom. The smallest absolute Gasteiger partial charge is 0.120 e. The summed E-state index contributed by atoms with van der Waals surface area (Å²) in [6.07, 6.45) is 2.59. The number of hydrogen-bond donors (Lipinski definition) is 0. The number of benzene rings is 1. The van der Waals surface area contributed by atoms with E-state index in [0.29, 0.717) is 0 Å². The normalized spacial score (nSPS) is 17.8. The highest BCUT2D eigenvalue weighted by Gasteiger charge is 2.17. The van der Waals surface area contributed by atoms with Gasteiger partial charge in [0.05, 0.1) is 7.11 Å². The molecule has 21 heavy (non-hydrogen) atoms. The molecule has 0 aromatic heterocycles. The van der Waals surface area contributed by atoms with Gasteiger partial charge >= 0.3 is 0 Å². The van der Waals surface area contributed by atoms with E-state index in [4.69, 9.17) is 4.74 Å². The van der Waals surface area contributed by atoms with Crippen LogP contribution < -0.4 is 9.64 Å². The molecule has 1 aliphatic rings. The van der Waals surface area contributed by atoms with E-state index in [-0.39, 0.29) is 0 Å². The summed E-state index contributed by atoms with van der Waals surface area (Å²) in [5.74, 6) is 1.76. The zero-order chi connectivity index (χ0) is 15.1. The van der Waals surface area contributed by atoms with E-state index in [2.05, 4.69) is 50.9 Å². The van der Waals surface area contributed by atoms with Crippen molar-refractivity contribution in [2.24, 2.45) is 5.92 Å². The quantitative estimate of drug-likeness (QED) is 0.695. The molecule has 118 valence electrons. The number of ether oxygens (including phenoxy) is 1. The maximum Gasteiger partial charge on any atom is 0.120 e. The molecule has 1 atom stereocenters. The molecule has 0 amide bonds. The highest BCUT2D eigenvalue weighted by Crippen LogP contribution is 2.22. The molecule has 1 aromatic rings. The second-order valence-electron chi connectivity index (χ2n) is 5.90. The number of halogens is 1. The summed E-state index contributed by atoms with van der Waals surface area (Å²) in [7, 11) is 1.73. The van der Waals surface area contributed by atoms with Gasteiger partial charge in [-0.25, -0.2) is 0 Å². The van der Waals surface area contributed by atoms with Crippen molar-refractivity contribution in [1.29, 1.82) is 0 Å². The minimum atomic E-state index is 0.820. The zero-order valence-corrected chi connectivity index (χ0v) is 14.8. The summed E-state index contributed by atoms with van der Waals surface area (Å²) in [5.41, 5.74) is 1.28. The fourth-order valence-corrected chi connectivity index (χ4v) is 3.55. The van der Waals surface area contributed by atoms with E-state index in [1.807, 2.05) is 6.07 Å². The molecule has 1 fully saturated rings. The van der Waals surface area contributed by atoms with E-state index in [9.17, 15) is 0 Å². The van der Waals surface area contributed by atoms with E-state index in [0.717, 1.165) is 43.2 Å². The maximum absolute atomic E-state index is 5.31. The van der Waals surface area contributed by atoms with Gasteiger partial charge in [0, 0.05) is 43.3 Å². The third-order valence-electron chi connectivity index (χ3n) is 4.33. The molecule has 1 heterocycles. The lowest BCUT2D eigenvalue weighted by Gasteiger charge is -2.36. The third kappa shape index (κ3) is 5.19. The largest absolute Gasteiger partial charge is 0.497 e. The highest BCUT2D eigenvalue weighted by molar-refractivity contribution is 9.09. The van der Waals surface area contributed by atoms with Crippen molar-refractivity contribution in [2.75, 3.05) is 50.1 Å². The van der Waals surface area contributed by atoms with Gasteiger partial charge in [-0.05, 0) is 37.4 Å². The lowest BCUT2D eigenvalue weighted by molar-refractivity contribution is 0.240. The summed E-state index contributed by atoms with van der Waals surface area (Å²) < 4.78 is 5.31. The molecular formula is C17H27BrN2O. The van der Waals surface area contributed by atoms with Crippen LogP contribution in [0.25, 0.3) is 0 Å². The second-order valence-corrected chi connectivity index (χ2v) is 6.69. The number of alkyl halides is 1. The Hall–Kier alpha value is -0.740. The average Bonchev–Trinajstić information content (AvgIpc) is 2.54. The van der Waals surface area contributed by atoms with Crippen LogP contribution in [0.3, 0.4) is 0 Å². The molecule has 4 heteroatoms. The van der Waals surface area contributed by atoms with Gasteiger partial charge in [-0.2, -0.15) is 0 Å². The van der Waals surface area contributed by atoms with Crippen LogP contribution in [0, 0.1) is 5.92 Å². The lowest BCUT2D eigenvalue weighted by Crippen LogP contribution is -2.46. The molecule has 1 aliphatic heterocycles. The van der Waals surface area contributed by atoms with Gasteiger partial charge in [0.15, 0.2) is 0 Å². The Labute approximate surface area is 137 Å². The molecule has 1 saturated heterocycles. The molecule has 0 radical (unpaired) electrons. The van der Waals surface area contributed by atoms with E-state index in [1.165, 1.54) is 25.1 Å². The molecule has 0 aliphatic carbocycles. The first-order chi connectivity index (χ1) is 10.2. The lowest BCUT2D eigenvalue weighted by atomic mass is 10.0. The van der Waals surface area contributed by atoms with Crippen molar-refractivity contribution in [1.82, 2.24) is 4.90 Å². The number of nitrogens with zero attached hydrogens (tertiary/aromatic N) is 2. The number of piperazine rings is 1. The first-order valence-electron chi connectivity index (χ1n) is 7.90. The Balaban J connectivity index is 1.77. The molecular weight excluding hydrogens is 328 g/mol. The molecule has 0 bridgehead atoms. The van der Waals surface area contributed by atoms with Crippen molar-refractivity contribution in [3.63, 3.8) is 0 Å². The average molecular weight is 355 g/mol. The van der Waals surface area contributed by atoms with Crippen LogP contribution in [0.4, 0.5) is 5.69 Å². The van der Waals surface area contributed by atoms with Crippen LogP contribution in [0.15, 0.2) is 24.3 Å². The van der Waals surface area contributed by atoms with Crippen molar-refractivity contribution in [3.8, 4) is 5.75 Å². The molecule has 2 rings (SSSR count). The third-order valence-corrected chi connectivity index (χ3v) is 4.79. The number of methoxy groups -OCH3 is 1. The van der Waals surface area contributed by atoms with Crippen LogP contribution in [0.2, 0.25) is 0 Å². The molecule has 0 spiro atoms. The van der Waals surface area contributed by atoms with Crippen LogP contribution in [-0.2, 0) is 0 Å². The zero-order valence-electron chi connectivity index (χ0n) is 13.2. The van der Waals surface area contributed by atoms with Gasteiger partial charge in [-0.15, -0.1) is 0 Å². The molecule has 1 unspecified atom stereocenters. The standard InChI is InChI=1S/C17H27BrN2O/c1-15(6-8-18)7-9-19-10-12-20(13-11-19)16-4-3-5-17(14-16)21-2/h3-5,14-15H,6-13H2,1-2H3. The minimum absolute atomic E-state index is 0.820. The Bertz CT molecular complexity index is 419. The van der Waals surface area contributed by atoms with Crippen LogP contribution >= 0.6 is 15.9 Å². The molecule has 0 saturated carbocycles. The molecule has 0 N–H and O–H groups in total. The minimum Gasteiger partial charge on any atom is -0.497 e. The van der Waals surface area contributed by atoms with Crippen molar-refractivity contribution in [3.05, 3.63) is 24.3 Å². The van der Waals surface area contributed by atoms with Crippen molar-refractivity contribution < 1.29 is 4.74 Å². The molecule has 3 nitrogen and oxygen atoms in total. The molecule has 1 aromatic carbocycles. The van der Waals surface area contributed by atoms with Crippen LogP contribution in [0.1, 0.15) is 19.8 Å². The van der Waals surface area contributed by atoms with Gasteiger partial charge in [0.25, 0.3) is 0 Å². The highest BCUT2D eigenvalue weighted by atomic mass is 79.9. The summed E-state index contributed by atoms with van der Waals surface area (Å²) in [6.45, 7) is 8.14. The summed E-state index contributed by atoms with van der Waals surface area (Å²) >= 11 is 3.53. The second kappa shape index (κ2) is 8.64. The van der Waals surface area contributed by atoms with Gasteiger partial charge < -0.3 is 9.64 Å². The van der Waals surface area contributed by atoms with Crippen molar-refractivity contribution >= 4 is 21.6 Å². The predicted octanol–water partition coefficient (Wildman–Crippen LogP) is 3.63. The predicted molar refractivity (Wildman–Crippen MR) is 93.8 cm³/mol. The SMILES string of the molecule is COc1cccc(N2CCN(CCC(C)CCBr)CC2)c1. The van der Waals surface area contributed by atoms with Crippen molar-refractivity contribution in [2.45, 2.75) is 19.8 Å². The Kier molecular flexibility index (Phi) is 6.84. The summed E-state index contributed by atoms with van der Waals surface area (Å²) in [5, 5.41) is 1.12. The van der Waals surface area contributed by atoms with Gasteiger partial charge in [-0.3, -0.25) is 4.90 Å². The maximum atomic E-state index is 5.31. The monoisotopic (exact) mass is 354 g/mol. The topological polar surface area (TPSA) is 15.7 Å². The Morgan fingerprint density at radius 1 is 1.19 bits per heavy atom. The van der Waals surface area contributed by atoms with Crippen LogP contribution in [-0.4, -0.2) is 50.1 Å². The van der Waals surface area contributed by atoms with Gasteiger partial charge in [0.2, 0.25) is 0 Å². The van der Waals surface area contributed by atoms with E-state index < -0.39 is 0 Å². The van der Waals surface area contributed by atoms with E-state index >= 15 is 0 Å². The number of hydrogen-bond acceptors (Lipinski definition) is 3. The Morgan fingerprint density at radius 2 is 1.95 bits per heavy atom. The fourth-order valence-electron chi connectivity index (χ4n) is 2.77. The van der Waals surface area contributed by atoms with Gasteiger partial charge in [0.1, 0.15) is 5.75 Å². The number of anilines is 1. The fraction of sp³-hybridized carbons (Fsp3) is 0.647. The van der Waals surface area contributed by atoms with E-state index in [1.54, 1.807) is 7.11 Å². The number of rotatable bonds is 7. The first-order valence-corrected chi connectivity index (χ1v) is 9.02. The van der Waals surface area contributed by atoms with Gasteiger partial charge in [-0.1, -0.05) is 28.9 Å². The summed E-state index contributed by atoms with van der Waals surface area (Å²) in [4.78, 5) is 5.06.